The third-order valence-corrected chi connectivity index (χ3v) is 4.65. The van der Waals surface area contributed by atoms with Crippen LogP contribution in [0.15, 0.2) is 24.3 Å². The molecule has 0 spiro atoms. The summed E-state index contributed by atoms with van der Waals surface area (Å²) in [5, 5.41) is 11.3. The zero-order valence-electron chi connectivity index (χ0n) is 11.9. The standard InChI is InChI=1S/C13H18N2O5S/c1-3-21(19,20)15(2)9-12(16)14-11-7-5-4-6-10(11)8-13(17)18/h4-7H,3,8-9H2,1-2H3,(H,14,16)(H,17,18). The van der Waals surface area contributed by atoms with Gasteiger partial charge in [-0.1, -0.05) is 18.2 Å². The third-order valence-electron chi connectivity index (χ3n) is 2.84. The Morgan fingerprint density at radius 2 is 1.90 bits per heavy atom. The first-order valence-corrected chi connectivity index (χ1v) is 7.90. The van der Waals surface area contributed by atoms with Crippen LogP contribution in [0.5, 0.6) is 0 Å². The highest BCUT2D eigenvalue weighted by Crippen LogP contribution is 2.15. The average Bonchev–Trinajstić information content (AvgIpc) is 2.40. The summed E-state index contributed by atoms with van der Waals surface area (Å²) in [6.45, 7) is 1.17. The van der Waals surface area contributed by atoms with E-state index in [1.165, 1.54) is 14.0 Å². The van der Waals surface area contributed by atoms with E-state index in [1.54, 1.807) is 24.3 Å². The summed E-state index contributed by atoms with van der Waals surface area (Å²) in [7, 11) is -2.12. The Balaban J connectivity index is 2.78. The molecule has 1 rings (SSSR count). The number of carboxylic acids is 1. The summed E-state index contributed by atoms with van der Waals surface area (Å²) >= 11 is 0. The van der Waals surface area contributed by atoms with Gasteiger partial charge in [0, 0.05) is 12.7 Å². The number of para-hydroxylation sites is 1. The van der Waals surface area contributed by atoms with Crippen molar-refractivity contribution in [3.8, 4) is 0 Å². The van der Waals surface area contributed by atoms with E-state index in [1.807, 2.05) is 0 Å². The summed E-state index contributed by atoms with van der Waals surface area (Å²) in [5.74, 6) is -1.62. The molecule has 0 unspecified atom stereocenters. The number of hydrogen-bond donors (Lipinski definition) is 2. The number of rotatable bonds is 7. The molecule has 0 aliphatic rings. The van der Waals surface area contributed by atoms with Crippen LogP contribution in [0.1, 0.15) is 12.5 Å². The van der Waals surface area contributed by atoms with E-state index < -0.39 is 21.9 Å². The van der Waals surface area contributed by atoms with Crippen LogP contribution in [0.2, 0.25) is 0 Å². The molecule has 0 saturated carbocycles. The van der Waals surface area contributed by atoms with Crippen molar-refractivity contribution in [3.05, 3.63) is 29.8 Å². The second-order valence-corrected chi connectivity index (χ2v) is 6.80. The van der Waals surface area contributed by atoms with Gasteiger partial charge in [0.15, 0.2) is 0 Å². The van der Waals surface area contributed by atoms with Crippen molar-refractivity contribution < 1.29 is 23.1 Å². The maximum atomic E-state index is 11.9. The fourth-order valence-electron chi connectivity index (χ4n) is 1.67. The summed E-state index contributed by atoms with van der Waals surface area (Å²) in [6, 6.07) is 6.50. The first-order chi connectivity index (χ1) is 9.76. The van der Waals surface area contributed by atoms with Gasteiger partial charge >= 0.3 is 5.97 Å². The van der Waals surface area contributed by atoms with Crippen LogP contribution >= 0.6 is 0 Å². The topological polar surface area (TPSA) is 104 Å². The van der Waals surface area contributed by atoms with E-state index in [2.05, 4.69) is 5.32 Å². The fourth-order valence-corrected chi connectivity index (χ4v) is 2.42. The van der Waals surface area contributed by atoms with Crippen LogP contribution in [-0.4, -0.2) is 49.1 Å². The van der Waals surface area contributed by atoms with Crippen LogP contribution in [0, 0.1) is 0 Å². The van der Waals surface area contributed by atoms with Crippen LogP contribution in [-0.2, 0) is 26.0 Å². The van der Waals surface area contributed by atoms with Crippen molar-refractivity contribution in [3.63, 3.8) is 0 Å². The van der Waals surface area contributed by atoms with E-state index >= 15 is 0 Å². The van der Waals surface area contributed by atoms with Gasteiger partial charge in [0.25, 0.3) is 0 Å². The smallest absolute Gasteiger partial charge is 0.307 e. The maximum absolute atomic E-state index is 11.9. The molecule has 0 saturated heterocycles. The predicted molar refractivity (Wildman–Crippen MR) is 78.5 cm³/mol. The minimum absolute atomic E-state index is 0.0909. The molecular weight excluding hydrogens is 296 g/mol. The Morgan fingerprint density at radius 1 is 1.29 bits per heavy atom. The molecule has 0 radical (unpaired) electrons. The summed E-state index contributed by atoms with van der Waals surface area (Å²) in [6.07, 6.45) is -0.223. The highest BCUT2D eigenvalue weighted by molar-refractivity contribution is 7.89. The number of nitrogens with zero attached hydrogens (tertiary/aromatic N) is 1. The van der Waals surface area contributed by atoms with Gasteiger partial charge in [-0.3, -0.25) is 9.59 Å². The molecule has 0 aromatic heterocycles. The Morgan fingerprint density at radius 3 is 2.48 bits per heavy atom. The van der Waals surface area contributed by atoms with Crippen molar-refractivity contribution in [1.29, 1.82) is 0 Å². The van der Waals surface area contributed by atoms with Crippen molar-refractivity contribution in [2.24, 2.45) is 0 Å². The third kappa shape index (κ3) is 5.16. The lowest BCUT2D eigenvalue weighted by molar-refractivity contribution is -0.136. The summed E-state index contributed by atoms with van der Waals surface area (Å²) in [4.78, 5) is 22.6. The molecule has 0 bridgehead atoms. The minimum Gasteiger partial charge on any atom is -0.481 e. The zero-order chi connectivity index (χ0) is 16.0. The molecule has 1 amide bonds. The van der Waals surface area contributed by atoms with Gasteiger partial charge in [0.05, 0.1) is 18.7 Å². The molecule has 2 N–H and O–H groups in total. The first kappa shape index (κ1) is 17.1. The summed E-state index contributed by atoms with van der Waals surface area (Å²) < 4.78 is 24.1. The van der Waals surface area contributed by atoms with E-state index in [4.69, 9.17) is 5.11 Å². The number of hydrogen-bond acceptors (Lipinski definition) is 4. The lowest BCUT2D eigenvalue weighted by Crippen LogP contribution is -2.36. The van der Waals surface area contributed by atoms with Crippen molar-refractivity contribution in [2.75, 3.05) is 24.7 Å². The van der Waals surface area contributed by atoms with E-state index in [0.717, 1.165) is 4.31 Å². The number of sulfonamides is 1. The molecule has 1 aromatic carbocycles. The molecule has 21 heavy (non-hydrogen) atoms. The molecule has 0 fully saturated rings. The van der Waals surface area contributed by atoms with Crippen LogP contribution < -0.4 is 5.32 Å². The number of nitrogens with one attached hydrogen (secondary N) is 1. The molecule has 1 aromatic rings. The minimum atomic E-state index is -3.44. The number of carbonyl (C=O) groups excluding carboxylic acids is 1. The molecule has 7 nitrogen and oxygen atoms in total. The second kappa shape index (κ2) is 7.19. The first-order valence-electron chi connectivity index (χ1n) is 6.29. The average molecular weight is 314 g/mol. The van der Waals surface area contributed by atoms with E-state index in [-0.39, 0.29) is 18.7 Å². The molecule has 0 atom stereocenters. The van der Waals surface area contributed by atoms with Gasteiger partial charge in [-0.2, -0.15) is 4.31 Å². The number of benzene rings is 1. The lowest BCUT2D eigenvalue weighted by Gasteiger charge is -2.16. The number of amides is 1. The quantitative estimate of drug-likeness (QED) is 0.764. The number of aliphatic carboxylic acids is 1. The second-order valence-electron chi connectivity index (χ2n) is 4.43. The predicted octanol–water partition coefficient (Wildman–Crippen LogP) is 0.534. The molecular formula is C13H18N2O5S. The van der Waals surface area contributed by atoms with Crippen LogP contribution in [0.25, 0.3) is 0 Å². The highest BCUT2D eigenvalue weighted by atomic mass is 32.2. The van der Waals surface area contributed by atoms with Crippen LogP contribution in [0.3, 0.4) is 0 Å². The van der Waals surface area contributed by atoms with E-state index in [9.17, 15) is 18.0 Å². The Hall–Kier alpha value is -1.93. The molecule has 0 aliphatic carbocycles. The van der Waals surface area contributed by atoms with Gasteiger partial charge in [-0.05, 0) is 18.6 Å². The molecule has 116 valence electrons. The van der Waals surface area contributed by atoms with E-state index in [0.29, 0.717) is 11.3 Å². The van der Waals surface area contributed by atoms with Gasteiger partial charge in [0.2, 0.25) is 15.9 Å². The number of anilines is 1. The Kier molecular flexibility index (Phi) is 5.86. The number of likely N-dealkylation sites (N-methyl/N-ethyl adjacent to an activating group) is 1. The monoisotopic (exact) mass is 314 g/mol. The van der Waals surface area contributed by atoms with Crippen molar-refractivity contribution in [1.82, 2.24) is 4.31 Å². The number of carboxylic acid groups (broad SMARTS) is 1. The SMILES string of the molecule is CCS(=O)(=O)N(C)CC(=O)Nc1ccccc1CC(=O)O. The van der Waals surface area contributed by atoms with Crippen LogP contribution in [0.4, 0.5) is 5.69 Å². The van der Waals surface area contributed by atoms with Gasteiger partial charge < -0.3 is 10.4 Å². The van der Waals surface area contributed by atoms with Gasteiger partial charge in [-0.15, -0.1) is 0 Å². The Bertz CT molecular complexity index is 627. The normalized spacial score (nSPS) is 11.4. The lowest BCUT2D eigenvalue weighted by atomic mass is 10.1. The highest BCUT2D eigenvalue weighted by Gasteiger charge is 2.19. The fraction of sp³-hybridized carbons (Fsp3) is 0.385. The number of carbonyl (C=O) groups is 2. The molecule has 0 aliphatic heterocycles. The molecule has 0 heterocycles. The Labute approximate surface area is 123 Å². The summed E-state index contributed by atoms with van der Waals surface area (Å²) in [5.41, 5.74) is 0.826. The van der Waals surface area contributed by atoms with Gasteiger partial charge in [0.1, 0.15) is 0 Å². The molecule has 8 heteroatoms. The zero-order valence-corrected chi connectivity index (χ0v) is 12.7. The van der Waals surface area contributed by atoms with Crippen molar-refractivity contribution >= 4 is 27.6 Å². The van der Waals surface area contributed by atoms with Gasteiger partial charge in [-0.25, -0.2) is 8.42 Å². The maximum Gasteiger partial charge on any atom is 0.307 e. The van der Waals surface area contributed by atoms with Crippen molar-refractivity contribution in [2.45, 2.75) is 13.3 Å². The largest absolute Gasteiger partial charge is 0.481 e.